The number of benzene rings is 1. The molecule has 2 aliphatic carbocycles. The molecule has 5 rings (SSSR count). The Morgan fingerprint density at radius 1 is 1.32 bits per heavy atom. The SMILES string of the molecule is COc1ccc2c3c1O[C@H]1[C@H](O)C=C[C@H]4[C@@H](C2)N(C(=O)OC(C)(C)C)CC[C@@]341. The molecule has 1 saturated heterocycles. The number of amides is 1. The van der Waals surface area contributed by atoms with Crippen LogP contribution in [0.15, 0.2) is 24.3 Å². The molecular weight excluding hydrogens is 358 g/mol. The van der Waals surface area contributed by atoms with Crippen LogP contribution in [0, 0.1) is 5.92 Å². The molecule has 2 aliphatic heterocycles. The standard InChI is InChI=1S/C22H27NO5/c1-21(2,3)28-20(25)23-10-9-22-13-6-7-15(24)19(22)27-18-16(26-4)8-5-12(17(18)22)11-14(13)23/h5-8,13-15,19,24H,9-11H2,1-4H3/t13-,14+,15+,19-,22-/m0/s1. The minimum atomic E-state index is -0.673. The summed E-state index contributed by atoms with van der Waals surface area (Å²) in [6, 6.07) is 4.00. The molecule has 1 spiro atoms. The average molecular weight is 385 g/mol. The molecule has 1 fully saturated rings. The molecule has 0 radical (unpaired) electrons. The van der Waals surface area contributed by atoms with Gasteiger partial charge >= 0.3 is 6.09 Å². The van der Waals surface area contributed by atoms with E-state index in [9.17, 15) is 9.90 Å². The lowest BCUT2D eigenvalue weighted by atomic mass is 9.53. The molecular formula is C22H27NO5. The predicted molar refractivity (Wildman–Crippen MR) is 103 cm³/mol. The first kappa shape index (κ1) is 17.9. The Labute approximate surface area is 165 Å². The number of aliphatic hydroxyl groups is 1. The van der Waals surface area contributed by atoms with Crippen molar-refractivity contribution in [3.8, 4) is 11.5 Å². The summed E-state index contributed by atoms with van der Waals surface area (Å²) in [6.07, 6.45) is 4.09. The van der Waals surface area contributed by atoms with E-state index in [0.717, 1.165) is 18.6 Å². The molecule has 0 unspecified atom stereocenters. The molecule has 1 aromatic carbocycles. The highest BCUT2D eigenvalue weighted by Gasteiger charge is 2.65. The van der Waals surface area contributed by atoms with Crippen molar-refractivity contribution in [2.45, 2.75) is 62.9 Å². The minimum Gasteiger partial charge on any atom is -0.493 e. The molecule has 2 heterocycles. The number of hydrogen-bond donors (Lipinski definition) is 1. The second kappa shape index (κ2) is 5.66. The van der Waals surface area contributed by atoms with Crippen LogP contribution >= 0.6 is 0 Å². The van der Waals surface area contributed by atoms with Crippen molar-refractivity contribution in [3.05, 3.63) is 35.4 Å². The Balaban J connectivity index is 1.63. The van der Waals surface area contributed by atoms with E-state index in [1.807, 2.05) is 37.8 Å². The number of carbonyl (C=O) groups excluding carboxylic acids is 1. The van der Waals surface area contributed by atoms with Crippen LogP contribution in [0.25, 0.3) is 0 Å². The molecule has 28 heavy (non-hydrogen) atoms. The topological polar surface area (TPSA) is 68.2 Å². The van der Waals surface area contributed by atoms with E-state index in [1.165, 1.54) is 11.1 Å². The second-order valence-electron chi connectivity index (χ2n) is 9.31. The van der Waals surface area contributed by atoms with Gasteiger partial charge in [0.15, 0.2) is 11.5 Å². The molecule has 0 saturated carbocycles. The Morgan fingerprint density at radius 2 is 2.11 bits per heavy atom. The molecule has 4 aliphatic rings. The summed E-state index contributed by atoms with van der Waals surface area (Å²) in [7, 11) is 1.64. The van der Waals surface area contributed by atoms with Gasteiger partial charge < -0.3 is 24.2 Å². The molecule has 6 nitrogen and oxygen atoms in total. The molecule has 5 atom stereocenters. The number of carbonyl (C=O) groups is 1. The van der Waals surface area contributed by atoms with Crippen LogP contribution in [0.4, 0.5) is 4.79 Å². The number of aliphatic hydroxyl groups excluding tert-OH is 1. The number of likely N-dealkylation sites (tertiary alicyclic amines) is 1. The lowest BCUT2D eigenvalue weighted by molar-refractivity contribution is -0.0577. The minimum absolute atomic E-state index is 0.00899. The lowest BCUT2D eigenvalue weighted by Crippen LogP contribution is -2.66. The van der Waals surface area contributed by atoms with Gasteiger partial charge in [0.1, 0.15) is 17.8 Å². The highest BCUT2D eigenvalue weighted by Crippen LogP contribution is 2.62. The summed E-state index contributed by atoms with van der Waals surface area (Å²) >= 11 is 0. The second-order valence-corrected chi connectivity index (χ2v) is 9.31. The Hall–Kier alpha value is -2.21. The Kier molecular flexibility index (Phi) is 3.61. The number of piperidine rings is 1. The Bertz CT molecular complexity index is 872. The van der Waals surface area contributed by atoms with Gasteiger partial charge in [-0.1, -0.05) is 18.2 Å². The number of hydrogen-bond acceptors (Lipinski definition) is 5. The fourth-order valence-corrected chi connectivity index (χ4v) is 5.75. The van der Waals surface area contributed by atoms with E-state index in [2.05, 4.69) is 12.1 Å². The normalized spacial score (nSPS) is 34.5. The van der Waals surface area contributed by atoms with Crippen molar-refractivity contribution in [1.82, 2.24) is 4.90 Å². The largest absolute Gasteiger partial charge is 0.493 e. The van der Waals surface area contributed by atoms with Crippen molar-refractivity contribution in [1.29, 1.82) is 0 Å². The first-order chi connectivity index (χ1) is 13.3. The van der Waals surface area contributed by atoms with E-state index in [1.54, 1.807) is 7.11 Å². The fourth-order valence-electron chi connectivity index (χ4n) is 5.75. The summed E-state index contributed by atoms with van der Waals surface area (Å²) in [5.74, 6) is 1.56. The number of methoxy groups -OCH3 is 1. The molecule has 0 aromatic heterocycles. The summed E-state index contributed by atoms with van der Waals surface area (Å²) in [4.78, 5) is 14.8. The summed E-state index contributed by atoms with van der Waals surface area (Å²) in [5, 5.41) is 10.7. The van der Waals surface area contributed by atoms with Gasteiger partial charge in [0, 0.05) is 29.5 Å². The van der Waals surface area contributed by atoms with Gasteiger partial charge in [-0.15, -0.1) is 0 Å². The summed E-state index contributed by atoms with van der Waals surface area (Å²) in [5.41, 5.74) is 1.49. The zero-order valence-electron chi connectivity index (χ0n) is 16.8. The zero-order valence-corrected chi connectivity index (χ0v) is 16.8. The van der Waals surface area contributed by atoms with Gasteiger partial charge in [-0.3, -0.25) is 0 Å². The van der Waals surface area contributed by atoms with E-state index in [0.29, 0.717) is 12.3 Å². The Morgan fingerprint density at radius 3 is 2.82 bits per heavy atom. The first-order valence-corrected chi connectivity index (χ1v) is 9.99. The number of ether oxygens (including phenoxy) is 3. The highest BCUT2D eigenvalue weighted by molar-refractivity contribution is 5.71. The third-order valence-electron chi connectivity index (χ3n) is 6.70. The van der Waals surface area contributed by atoms with E-state index in [-0.39, 0.29) is 29.6 Å². The van der Waals surface area contributed by atoms with Gasteiger partial charge in [-0.25, -0.2) is 4.79 Å². The van der Waals surface area contributed by atoms with Gasteiger partial charge in [0.2, 0.25) is 0 Å². The maximum absolute atomic E-state index is 12.9. The van der Waals surface area contributed by atoms with Crippen LogP contribution in [0.3, 0.4) is 0 Å². The quantitative estimate of drug-likeness (QED) is 0.753. The first-order valence-electron chi connectivity index (χ1n) is 9.99. The smallest absolute Gasteiger partial charge is 0.410 e. The van der Waals surface area contributed by atoms with E-state index in [4.69, 9.17) is 14.2 Å². The van der Waals surface area contributed by atoms with Crippen LogP contribution in [0.2, 0.25) is 0 Å². The van der Waals surface area contributed by atoms with E-state index >= 15 is 0 Å². The zero-order chi connectivity index (χ0) is 19.8. The predicted octanol–water partition coefficient (Wildman–Crippen LogP) is 2.81. The summed E-state index contributed by atoms with van der Waals surface area (Å²) in [6.45, 7) is 6.26. The third kappa shape index (κ3) is 2.21. The van der Waals surface area contributed by atoms with Crippen LogP contribution in [-0.2, 0) is 16.6 Å². The van der Waals surface area contributed by atoms with Crippen LogP contribution in [-0.4, -0.2) is 53.6 Å². The number of rotatable bonds is 1. The van der Waals surface area contributed by atoms with E-state index < -0.39 is 11.7 Å². The van der Waals surface area contributed by atoms with Crippen LogP contribution < -0.4 is 9.47 Å². The van der Waals surface area contributed by atoms with Crippen molar-refractivity contribution < 1.29 is 24.1 Å². The molecule has 2 bridgehead atoms. The van der Waals surface area contributed by atoms with Crippen molar-refractivity contribution in [3.63, 3.8) is 0 Å². The molecule has 6 heteroatoms. The van der Waals surface area contributed by atoms with Crippen LogP contribution in [0.1, 0.15) is 38.3 Å². The van der Waals surface area contributed by atoms with Gasteiger partial charge in [0.25, 0.3) is 0 Å². The van der Waals surface area contributed by atoms with Gasteiger partial charge in [-0.2, -0.15) is 0 Å². The van der Waals surface area contributed by atoms with Crippen molar-refractivity contribution in [2.24, 2.45) is 5.92 Å². The summed E-state index contributed by atoms with van der Waals surface area (Å²) < 4.78 is 17.6. The van der Waals surface area contributed by atoms with Crippen molar-refractivity contribution >= 4 is 6.09 Å². The van der Waals surface area contributed by atoms with Crippen molar-refractivity contribution in [2.75, 3.05) is 13.7 Å². The number of nitrogens with zero attached hydrogens (tertiary/aromatic N) is 1. The maximum atomic E-state index is 12.9. The van der Waals surface area contributed by atoms with Crippen LogP contribution in [0.5, 0.6) is 11.5 Å². The molecule has 1 aromatic rings. The third-order valence-corrected chi connectivity index (χ3v) is 6.70. The monoisotopic (exact) mass is 385 g/mol. The molecule has 1 amide bonds. The molecule has 150 valence electrons. The maximum Gasteiger partial charge on any atom is 0.410 e. The lowest BCUT2D eigenvalue weighted by Gasteiger charge is -2.56. The highest BCUT2D eigenvalue weighted by atomic mass is 16.6. The van der Waals surface area contributed by atoms with Gasteiger partial charge in [-0.05, 0) is 45.2 Å². The van der Waals surface area contributed by atoms with Gasteiger partial charge in [0.05, 0.1) is 7.11 Å². The fraction of sp³-hybridized carbons (Fsp3) is 0.591. The molecule has 1 N–H and O–H groups in total. The average Bonchev–Trinajstić information content (AvgIpc) is 2.96.